The maximum absolute atomic E-state index is 12.4. The average Bonchev–Trinajstić information content (AvgIpc) is 2.67. The van der Waals surface area contributed by atoms with Crippen LogP contribution in [0.25, 0.3) is 0 Å². The maximum atomic E-state index is 12.4. The number of hydrogen-bond donors (Lipinski definition) is 5. The fourth-order valence-corrected chi connectivity index (χ4v) is 3.61. The number of carbonyl (C=O) groups is 2. The van der Waals surface area contributed by atoms with Crippen LogP contribution in [0.5, 0.6) is 0 Å². The van der Waals surface area contributed by atoms with E-state index >= 15 is 0 Å². The van der Waals surface area contributed by atoms with Crippen molar-refractivity contribution in [2.45, 2.75) is 62.9 Å². The average molecular weight is 425 g/mol. The van der Waals surface area contributed by atoms with Crippen LogP contribution in [0.3, 0.4) is 0 Å². The van der Waals surface area contributed by atoms with E-state index in [1.165, 1.54) is 6.92 Å². The van der Waals surface area contributed by atoms with Gasteiger partial charge in [-0.2, -0.15) is 11.8 Å². The second-order valence-corrected chi connectivity index (χ2v) is 7.91. The molecule has 0 radical (unpaired) electrons. The van der Waals surface area contributed by atoms with Crippen LogP contribution in [0.15, 0.2) is 0 Å². The predicted molar refractivity (Wildman–Crippen MR) is 102 cm³/mol. The van der Waals surface area contributed by atoms with Gasteiger partial charge in [0.2, 0.25) is 5.91 Å². The lowest BCUT2D eigenvalue weighted by Gasteiger charge is -2.47. The molecule has 0 saturated carbocycles. The molecule has 1 saturated heterocycles. The molecule has 164 valence electrons. The van der Waals surface area contributed by atoms with E-state index in [-0.39, 0.29) is 19.6 Å². The van der Waals surface area contributed by atoms with Crippen molar-refractivity contribution < 1.29 is 39.1 Å². The number of esters is 1. The van der Waals surface area contributed by atoms with E-state index < -0.39 is 48.1 Å². The van der Waals surface area contributed by atoms with Gasteiger partial charge in [-0.05, 0) is 17.9 Å². The van der Waals surface area contributed by atoms with Crippen molar-refractivity contribution in [3.05, 3.63) is 0 Å². The number of methoxy groups -OCH3 is 1. The third kappa shape index (κ3) is 6.55. The molecule has 6 N–H and O–H groups in total. The molecule has 1 amide bonds. The summed E-state index contributed by atoms with van der Waals surface area (Å²) in [6, 6.07) is -1.08. The summed E-state index contributed by atoms with van der Waals surface area (Å²) < 4.78 is 16.2. The molecule has 0 aromatic heterocycles. The summed E-state index contributed by atoms with van der Waals surface area (Å²) in [5, 5.41) is 33.5. The highest BCUT2D eigenvalue weighted by Crippen LogP contribution is 2.34. The van der Waals surface area contributed by atoms with Gasteiger partial charge in [-0.25, -0.2) is 4.79 Å². The lowest BCUT2D eigenvalue weighted by molar-refractivity contribution is -0.311. The summed E-state index contributed by atoms with van der Waals surface area (Å²) in [5.41, 5.74) is 5.40. The molecule has 0 spiro atoms. The SMILES string of the molecule is CCSCCCO[C@]1(C(=O)OC)C[C@@H](O)[C@@H](NC(C)=O)C([C@H](O)[C@H](O)CN)O1. The normalized spacial score (nSPS) is 29.8. The highest BCUT2D eigenvalue weighted by atomic mass is 32.2. The minimum atomic E-state index is -1.97. The zero-order valence-corrected chi connectivity index (χ0v) is 17.3. The van der Waals surface area contributed by atoms with E-state index in [1.807, 2.05) is 6.92 Å². The number of aliphatic hydroxyl groups is 3. The molecule has 10 nitrogen and oxygen atoms in total. The molecule has 11 heteroatoms. The van der Waals surface area contributed by atoms with Gasteiger partial charge in [0.05, 0.1) is 32.0 Å². The van der Waals surface area contributed by atoms with E-state index in [4.69, 9.17) is 19.9 Å². The number of ether oxygens (including phenoxy) is 3. The second kappa shape index (κ2) is 11.9. The van der Waals surface area contributed by atoms with Crippen LogP contribution >= 0.6 is 11.8 Å². The van der Waals surface area contributed by atoms with Gasteiger partial charge in [-0.15, -0.1) is 0 Å². The first kappa shape index (κ1) is 25.1. The number of thioether (sulfide) groups is 1. The van der Waals surface area contributed by atoms with Gasteiger partial charge in [0.15, 0.2) is 0 Å². The van der Waals surface area contributed by atoms with Crippen molar-refractivity contribution in [3.8, 4) is 0 Å². The lowest BCUT2D eigenvalue weighted by Crippen LogP contribution is -2.68. The summed E-state index contributed by atoms with van der Waals surface area (Å²) in [7, 11) is 1.15. The minimum absolute atomic E-state index is 0.155. The third-order valence-electron chi connectivity index (χ3n) is 4.38. The van der Waals surface area contributed by atoms with E-state index in [0.717, 1.165) is 18.6 Å². The number of carbonyl (C=O) groups excluding carboxylic acids is 2. The van der Waals surface area contributed by atoms with Crippen LogP contribution in [-0.2, 0) is 23.8 Å². The zero-order valence-electron chi connectivity index (χ0n) is 16.5. The Bertz CT molecular complexity index is 512. The number of nitrogens with one attached hydrogen (secondary N) is 1. The molecule has 0 aromatic rings. The standard InChI is InChI=1S/C17H32N2O8S/c1-4-28-7-5-6-26-17(16(24)25-3)8-11(21)13(19-10(2)20)15(27-17)14(23)12(22)9-18/h11-15,21-23H,4-9,18H2,1-3H3,(H,19,20)/t11-,12-,13-,14-,15?,17-/m1/s1. The van der Waals surface area contributed by atoms with Crippen LogP contribution in [0.1, 0.15) is 26.7 Å². The van der Waals surface area contributed by atoms with Gasteiger partial charge in [0, 0.05) is 19.9 Å². The zero-order chi connectivity index (χ0) is 21.3. The molecule has 0 bridgehead atoms. The molecule has 1 rings (SSSR count). The lowest BCUT2D eigenvalue weighted by atomic mass is 9.88. The second-order valence-electron chi connectivity index (χ2n) is 6.52. The Hall–Kier alpha value is -0.950. The molecule has 6 atom stereocenters. The van der Waals surface area contributed by atoms with Crippen LogP contribution in [-0.4, -0.2) is 95.2 Å². The van der Waals surface area contributed by atoms with Gasteiger partial charge >= 0.3 is 5.97 Å². The fraction of sp³-hybridized carbons (Fsp3) is 0.882. The molecule has 1 fully saturated rings. The number of rotatable bonds is 11. The van der Waals surface area contributed by atoms with Crippen molar-refractivity contribution in [3.63, 3.8) is 0 Å². The molecule has 0 aliphatic carbocycles. The number of nitrogens with two attached hydrogens (primary N) is 1. The number of amides is 1. The molecule has 1 unspecified atom stereocenters. The van der Waals surface area contributed by atoms with Crippen molar-refractivity contribution in [1.82, 2.24) is 5.32 Å². The fourth-order valence-electron chi connectivity index (χ4n) is 3.00. The highest BCUT2D eigenvalue weighted by molar-refractivity contribution is 7.99. The Labute approximate surface area is 169 Å². The monoisotopic (exact) mass is 424 g/mol. The summed E-state index contributed by atoms with van der Waals surface area (Å²) >= 11 is 1.71. The molecular formula is C17H32N2O8S. The van der Waals surface area contributed by atoms with Crippen molar-refractivity contribution in [1.29, 1.82) is 0 Å². The molecular weight excluding hydrogens is 392 g/mol. The first-order valence-electron chi connectivity index (χ1n) is 9.21. The number of hydrogen-bond acceptors (Lipinski definition) is 10. The topological polar surface area (TPSA) is 161 Å². The van der Waals surface area contributed by atoms with Gasteiger partial charge < -0.3 is 40.6 Å². The Morgan fingerprint density at radius 2 is 2.11 bits per heavy atom. The van der Waals surface area contributed by atoms with Crippen LogP contribution in [0, 0.1) is 0 Å². The summed E-state index contributed by atoms with van der Waals surface area (Å²) in [6.07, 6.45) is -5.32. The third-order valence-corrected chi connectivity index (χ3v) is 5.37. The molecule has 0 aromatic carbocycles. The Morgan fingerprint density at radius 1 is 1.43 bits per heavy atom. The summed E-state index contributed by atoms with van der Waals surface area (Å²) in [5.74, 6) is -1.57. The van der Waals surface area contributed by atoms with Crippen molar-refractivity contribution in [2.24, 2.45) is 5.73 Å². The smallest absolute Gasteiger partial charge is 0.366 e. The molecule has 28 heavy (non-hydrogen) atoms. The molecule has 1 aliphatic rings. The van der Waals surface area contributed by atoms with Crippen molar-refractivity contribution in [2.75, 3.05) is 31.8 Å². The highest BCUT2D eigenvalue weighted by Gasteiger charge is 2.56. The van der Waals surface area contributed by atoms with Gasteiger partial charge in [-0.3, -0.25) is 4.79 Å². The van der Waals surface area contributed by atoms with Crippen molar-refractivity contribution >= 4 is 23.6 Å². The van der Waals surface area contributed by atoms with Crippen LogP contribution in [0.2, 0.25) is 0 Å². The summed E-state index contributed by atoms with van der Waals surface area (Å²) in [4.78, 5) is 24.0. The first-order valence-corrected chi connectivity index (χ1v) is 10.4. The Kier molecular flexibility index (Phi) is 10.7. The van der Waals surface area contributed by atoms with Gasteiger partial charge in [0.25, 0.3) is 5.79 Å². The van der Waals surface area contributed by atoms with E-state index in [1.54, 1.807) is 11.8 Å². The van der Waals surface area contributed by atoms with E-state index in [2.05, 4.69) is 5.32 Å². The van der Waals surface area contributed by atoms with E-state index in [9.17, 15) is 24.9 Å². The quantitative estimate of drug-likeness (QED) is 0.192. The van der Waals surface area contributed by atoms with Gasteiger partial charge in [0.1, 0.15) is 12.2 Å². The van der Waals surface area contributed by atoms with Gasteiger partial charge in [-0.1, -0.05) is 6.92 Å². The Balaban J connectivity index is 3.09. The van der Waals surface area contributed by atoms with Crippen LogP contribution < -0.4 is 11.1 Å². The largest absolute Gasteiger partial charge is 0.465 e. The predicted octanol–water partition coefficient (Wildman–Crippen LogP) is -1.65. The Morgan fingerprint density at radius 3 is 2.64 bits per heavy atom. The summed E-state index contributed by atoms with van der Waals surface area (Å²) in [6.45, 7) is 3.13. The van der Waals surface area contributed by atoms with E-state index in [0.29, 0.717) is 6.42 Å². The molecule has 1 heterocycles. The van der Waals surface area contributed by atoms with Crippen LogP contribution in [0.4, 0.5) is 0 Å². The number of aliphatic hydroxyl groups excluding tert-OH is 3. The minimum Gasteiger partial charge on any atom is -0.465 e. The first-order chi connectivity index (χ1) is 13.2. The maximum Gasteiger partial charge on any atom is 0.366 e. The molecule has 1 aliphatic heterocycles.